The van der Waals surface area contributed by atoms with Crippen molar-refractivity contribution in [3.8, 4) is 0 Å². The number of aromatic nitrogens is 1. The van der Waals surface area contributed by atoms with Gasteiger partial charge in [-0.2, -0.15) is 4.31 Å². The number of rotatable bonds is 3. The van der Waals surface area contributed by atoms with Gasteiger partial charge in [-0.05, 0) is 18.9 Å². The Morgan fingerprint density at radius 1 is 1.53 bits per heavy atom. The fourth-order valence-corrected chi connectivity index (χ4v) is 3.64. The molecule has 1 N–H and O–H groups in total. The number of halogens is 1. The van der Waals surface area contributed by atoms with Crippen LogP contribution in [0.5, 0.6) is 0 Å². The Kier molecular flexibility index (Phi) is 3.41. The van der Waals surface area contributed by atoms with E-state index < -0.39 is 21.9 Å². The van der Waals surface area contributed by atoms with Crippen molar-refractivity contribution < 1.29 is 17.9 Å². The van der Waals surface area contributed by atoms with Gasteiger partial charge >= 0.3 is 0 Å². The molecule has 0 unspecified atom stereocenters. The molecule has 2 rings (SSSR count). The highest BCUT2D eigenvalue weighted by atomic mass is 32.2. The topological polar surface area (TPSA) is 70.5 Å². The van der Waals surface area contributed by atoms with Gasteiger partial charge in [-0.25, -0.2) is 12.8 Å². The molecular weight excluding hydrogens is 247 g/mol. The summed E-state index contributed by atoms with van der Waals surface area (Å²) in [4.78, 5) is 3.36. The lowest BCUT2D eigenvalue weighted by atomic mass is 10.2. The van der Waals surface area contributed by atoms with E-state index >= 15 is 0 Å². The van der Waals surface area contributed by atoms with Crippen LogP contribution < -0.4 is 0 Å². The minimum Gasteiger partial charge on any atom is -0.395 e. The Morgan fingerprint density at radius 3 is 2.94 bits per heavy atom. The monoisotopic (exact) mass is 260 g/mol. The summed E-state index contributed by atoms with van der Waals surface area (Å²) < 4.78 is 38.5. The maximum absolute atomic E-state index is 13.0. The highest BCUT2D eigenvalue weighted by molar-refractivity contribution is 7.89. The fourth-order valence-electron chi connectivity index (χ4n) is 1.98. The van der Waals surface area contributed by atoms with Gasteiger partial charge in [0.1, 0.15) is 10.7 Å². The second-order valence-electron chi connectivity index (χ2n) is 3.93. The van der Waals surface area contributed by atoms with E-state index in [9.17, 15) is 12.8 Å². The van der Waals surface area contributed by atoms with Gasteiger partial charge in [0.2, 0.25) is 10.0 Å². The predicted molar refractivity (Wildman–Crippen MR) is 58.2 cm³/mol. The van der Waals surface area contributed by atoms with E-state index in [1.54, 1.807) is 0 Å². The Labute approximate surface area is 99.0 Å². The molecule has 0 radical (unpaired) electrons. The zero-order chi connectivity index (χ0) is 12.5. The van der Waals surface area contributed by atoms with E-state index in [1.165, 1.54) is 4.31 Å². The summed E-state index contributed by atoms with van der Waals surface area (Å²) in [6, 6.07) is 0.526. The number of sulfonamides is 1. The fraction of sp³-hybridized carbons (Fsp3) is 0.500. The standard InChI is InChI=1S/C10H13FN2O3S/c11-8-4-10(6-12-5-8)17(15,16)13-3-1-2-9(13)7-14/h4-6,9,14H,1-3,7H2/t9-/m1/s1. The zero-order valence-electron chi connectivity index (χ0n) is 9.08. The van der Waals surface area contributed by atoms with Crippen molar-refractivity contribution in [2.45, 2.75) is 23.8 Å². The summed E-state index contributed by atoms with van der Waals surface area (Å²) in [7, 11) is -3.75. The van der Waals surface area contributed by atoms with Crippen LogP contribution in [0, 0.1) is 5.82 Å². The maximum atomic E-state index is 13.0. The van der Waals surface area contributed by atoms with Gasteiger partial charge in [-0.15, -0.1) is 0 Å². The molecule has 1 aliphatic rings. The number of aliphatic hydroxyl groups is 1. The van der Waals surface area contributed by atoms with Crippen LogP contribution in [0.2, 0.25) is 0 Å². The van der Waals surface area contributed by atoms with Crippen molar-refractivity contribution in [1.29, 1.82) is 0 Å². The SMILES string of the molecule is O=S(=O)(c1cncc(F)c1)N1CCC[C@@H]1CO. The molecule has 7 heteroatoms. The third kappa shape index (κ3) is 2.31. The Bertz CT molecular complexity index is 506. The van der Waals surface area contributed by atoms with Crippen LogP contribution in [-0.4, -0.2) is 42.0 Å². The molecule has 0 aliphatic carbocycles. The van der Waals surface area contributed by atoms with Crippen LogP contribution in [0.4, 0.5) is 4.39 Å². The van der Waals surface area contributed by atoms with Crippen molar-refractivity contribution in [2.24, 2.45) is 0 Å². The van der Waals surface area contributed by atoms with E-state index in [1.807, 2.05) is 0 Å². The van der Waals surface area contributed by atoms with Crippen LogP contribution in [-0.2, 0) is 10.0 Å². The minimum absolute atomic E-state index is 0.169. The molecule has 2 heterocycles. The summed E-state index contributed by atoms with van der Waals surface area (Å²) >= 11 is 0. The average Bonchev–Trinajstić information content (AvgIpc) is 2.77. The minimum atomic E-state index is -3.75. The van der Waals surface area contributed by atoms with E-state index in [0.717, 1.165) is 18.5 Å². The Hall–Kier alpha value is -1.05. The molecule has 1 aliphatic heterocycles. The largest absolute Gasteiger partial charge is 0.395 e. The number of hydrogen-bond acceptors (Lipinski definition) is 4. The van der Waals surface area contributed by atoms with Crippen LogP contribution in [0.25, 0.3) is 0 Å². The summed E-state index contributed by atoms with van der Waals surface area (Å²) in [5.41, 5.74) is 0. The number of hydrogen-bond donors (Lipinski definition) is 1. The molecule has 94 valence electrons. The van der Waals surface area contributed by atoms with Gasteiger partial charge in [-0.3, -0.25) is 4.98 Å². The lowest BCUT2D eigenvalue weighted by Crippen LogP contribution is -2.37. The molecule has 1 aromatic rings. The first-order valence-electron chi connectivity index (χ1n) is 5.29. The van der Waals surface area contributed by atoms with Gasteiger partial charge in [0.25, 0.3) is 0 Å². The van der Waals surface area contributed by atoms with Crippen LogP contribution in [0.15, 0.2) is 23.4 Å². The molecule has 17 heavy (non-hydrogen) atoms. The van der Waals surface area contributed by atoms with Crippen LogP contribution in [0.1, 0.15) is 12.8 Å². The number of aliphatic hydroxyl groups excluding tert-OH is 1. The highest BCUT2D eigenvalue weighted by Crippen LogP contribution is 2.25. The third-order valence-electron chi connectivity index (χ3n) is 2.82. The lowest BCUT2D eigenvalue weighted by molar-refractivity contribution is 0.213. The molecule has 0 spiro atoms. The Balaban J connectivity index is 2.36. The normalized spacial score (nSPS) is 21.9. The molecule has 5 nitrogen and oxygen atoms in total. The first kappa shape index (κ1) is 12.4. The summed E-state index contributed by atoms with van der Waals surface area (Å²) in [6.45, 7) is 0.131. The van der Waals surface area contributed by atoms with Gasteiger partial charge in [0.05, 0.1) is 12.8 Å². The molecule has 0 aromatic carbocycles. The van der Waals surface area contributed by atoms with Gasteiger partial charge < -0.3 is 5.11 Å². The lowest BCUT2D eigenvalue weighted by Gasteiger charge is -2.22. The smallest absolute Gasteiger partial charge is 0.245 e. The van der Waals surface area contributed by atoms with E-state index in [4.69, 9.17) is 5.11 Å². The second kappa shape index (κ2) is 4.67. The quantitative estimate of drug-likeness (QED) is 0.852. The van der Waals surface area contributed by atoms with Crippen molar-refractivity contribution in [1.82, 2.24) is 9.29 Å². The van der Waals surface area contributed by atoms with Crippen molar-refractivity contribution in [2.75, 3.05) is 13.2 Å². The third-order valence-corrected chi connectivity index (χ3v) is 4.74. The van der Waals surface area contributed by atoms with E-state index in [2.05, 4.69) is 4.98 Å². The molecule has 0 saturated carbocycles. The Morgan fingerprint density at radius 2 is 2.29 bits per heavy atom. The maximum Gasteiger partial charge on any atom is 0.245 e. The average molecular weight is 260 g/mol. The summed E-state index contributed by atoms with van der Waals surface area (Å²) in [5, 5.41) is 9.11. The van der Waals surface area contributed by atoms with Crippen molar-refractivity contribution in [3.63, 3.8) is 0 Å². The van der Waals surface area contributed by atoms with Gasteiger partial charge in [0.15, 0.2) is 0 Å². The molecule has 1 saturated heterocycles. The van der Waals surface area contributed by atoms with Crippen molar-refractivity contribution >= 4 is 10.0 Å². The first-order valence-corrected chi connectivity index (χ1v) is 6.73. The molecule has 0 bridgehead atoms. The zero-order valence-corrected chi connectivity index (χ0v) is 9.90. The number of pyridine rings is 1. The second-order valence-corrected chi connectivity index (χ2v) is 5.82. The molecule has 1 aromatic heterocycles. The molecule has 1 atom stereocenters. The van der Waals surface area contributed by atoms with E-state index in [0.29, 0.717) is 19.4 Å². The van der Waals surface area contributed by atoms with Crippen LogP contribution in [0.3, 0.4) is 0 Å². The highest BCUT2D eigenvalue weighted by Gasteiger charge is 2.35. The molecule has 0 amide bonds. The first-order chi connectivity index (χ1) is 8.05. The van der Waals surface area contributed by atoms with Crippen molar-refractivity contribution in [3.05, 3.63) is 24.3 Å². The summed E-state index contributed by atoms with van der Waals surface area (Å²) in [6.07, 6.45) is 3.39. The number of nitrogens with zero attached hydrogens (tertiary/aromatic N) is 2. The van der Waals surface area contributed by atoms with Gasteiger partial charge in [0, 0.05) is 18.8 Å². The van der Waals surface area contributed by atoms with Gasteiger partial charge in [-0.1, -0.05) is 0 Å². The van der Waals surface area contributed by atoms with Crippen LogP contribution >= 0.6 is 0 Å². The summed E-state index contributed by atoms with van der Waals surface area (Å²) in [5.74, 6) is -0.689. The predicted octanol–water partition coefficient (Wildman–Crippen LogP) is 0.366. The molecule has 1 fully saturated rings. The molecular formula is C10H13FN2O3S. The van der Waals surface area contributed by atoms with E-state index in [-0.39, 0.29) is 11.5 Å².